The van der Waals surface area contributed by atoms with Crippen molar-refractivity contribution < 1.29 is 14.7 Å². The van der Waals surface area contributed by atoms with E-state index in [1.54, 1.807) is 42.7 Å². The van der Waals surface area contributed by atoms with Crippen molar-refractivity contribution in [2.45, 2.75) is 12.6 Å². The van der Waals surface area contributed by atoms with Crippen molar-refractivity contribution in [2.75, 3.05) is 0 Å². The van der Waals surface area contributed by atoms with Crippen molar-refractivity contribution in [1.29, 1.82) is 0 Å². The first-order chi connectivity index (χ1) is 14.5. The number of likely N-dealkylation sites (tertiary alicyclic amines) is 1. The number of pyridine rings is 1. The second-order valence-corrected chi connectivity index (χ2v) is 8.20. The van der Waals surface area contributed by atoms with E-state index in [0.717, 1.165) is 15.6 Å². The van der Waals surface area contributed by atoms with Crippen molar-refractivity contribution in [1.82, 2.24) is 9.88 Å². The lowest BCUT2D eigenvalue weighted by Gasteiger charge is -2.25. The number of benzene rings is 2. The average Bonchev–Trinajstić information content (AvgIpc) is 3.00. The first-order valence-corrected chi connectivity index (χ1v) is 10.3. The molecular weight excluding hydrogens is 468 g/mol. The third kappa shape index (κ3) is 3.88. The SMILES string of the molecule is O=C1C(=O)N(Cc2cccnc2)[C@H](c2ccc(Br)cc2)/C1=C(\O)c1ccc(Cl)cc1. The van der Waals surface area contributed by atoms with Gasteiger partial charge >= 0.3 is 0 Å². The molecule has 0 spiro atoms. The number of aliphatic hydroxyl groups is 1. The van der Waals surface area contributed by atoms with Crippen LogP contribution in [0, 0.1) is 0 Å². The lowest BCUT2D eigenvalue weighted by Crippen LogP contribution is -2.29. The van der Waals surface area contributed by atoms with Gasteiger partial charge < -0.3 is 10.0 Å². The van der Waals surface area contributed by atoms with Gasteiger partial charge in [0.15, 0.2) is 0 Å². The highest BCUT2D eigenvalue weighted by atomic mass is 79.9. The number of rotatable bonds is 4. The maximum absolute atomic E-state index is 13.0. The van der Waals surface area contributed by atoms with E-state index in [0.29, 0.717) is 10.6 Å². The number of ketones is 1. The predicted molar refractivity (Wildman–Crippen MR) is 118 cm³/mol. The summed E-state index contributed by atoms with van der Waals surface area (Å²) >= 11 is 9.35. The molecule has 5 nitrogen and oxygen atoms in total. The number of nitrogens with zero attached hydrogens (tertiary/aromatic N) is 2. The largest absolute Gasteiger partial charge is 0.507 e. The summed E-state index contributed by atoms with van der Waals surface area (Å²) in [6.07, 6.45) is 3.29. The standard InChI is InChI=1S/C23H16BrClN2O3/c24-17-7-3-15(4-8-17)20-19(21(28)16-5-9-18(25)10-6-16)22(29)23(30)27(20)13-14-2-1-11-26-12-14/h1-12,20,28H,13H2/b21-19+/t20-/m1/s1. The average molecular weight is 484 g/mol. The molecule has 1 amide bonds. The zero-order valence-corrected chi connectivity index (χ0v) is 18.0. The van der Waals surface area contributed by atoms with E-state index < -0.39 is 17.7 Å². The third-order valence-electron chi connectivity index (χ3n) is 4.92. The molecule has 0 bridgehead atoms. The summed E-state index contributed by atoms with van der Waals surface area (Å²) in [5.74, 6) is -1.62. The summed E-state index contributed by atoms with van der Waals surface area (Å²) < 4.78 is 0.869. The van der Waals surface area contributed by atoms with Crippen LogP contribution in [0.4, 0.5) is 0 Å². The summed E-state index contributed by atoms with van der Waals surface area (Å²) in [5, 5.41) is 11.5. The minimum absolute atomic E-state index is 0.0496. The molecule has 4 rings (SSSR count). The van der Waals surface area contributed by atoms with Gasteiger partial charge in [-0.05, 0) is 53.6 Å². The molecule has 1 saturated heterocycles. The maximum atomic E-state index is 13.0. The Morgan fingerprint density at radius 3 is 2.40 bits per heavy atom. The van der Waals surface area contributed by atoms with Gasteiger partial charge in [0.25, 0.3) is 11.7 Å². The molecular formula is C23H16BrClN2O3. The van der Waals surface area contributed by atoms with Crippen molar-refractivity contribution in [3.63, 3.8) is 0 Å². The Morgan fingerprint density at radius 1 is 1.07 bits per heavy atom. The van der Waals surface area contributed by atoms with E-state index in [1.807, 2.05) is 30.3 Å². The van der Waals surface area contributed by atoms with E-state index in [-0.39, 0.29) is 17.9 Å². The van der Waals surface area contributed by atoms with Crippen LogP contribution in [0.2, 0.25) is 5.02 Å². The van der Waals surface area contributed by atoms with Crippen LogP contribution in [-0.2, 0) is 16.1 Å². The zero-order valence-electron chi connectivity index (χ0n) is 15.6. The van der Waals surface area contributed by atoms with Crippen LogP contribution in [0.25, 0.3) is 5.76 Å². The van der Waals surface area contributed by atoms with Crippen LogP contribution in [0.5, 0.6) is 0 Å². The molecule has 3 aromatic rings. The van der Waals surface area contributed by atoms with Gasteiger partial charge in [0, 0.05) is 34.0 Å². The molecule has 150 valence electrons. The van der Waals surface area contributed by atoms with Gasteiger partial charge in [0.1, 0.15) is 5.76 Å². The smallest absolute Gasteiger partial charge is 0.295 e. The van der Waals surface area contributed by atoms with Crippen molar-refractivity contribution >= 4 is 45.0 Å². The molecule has 2 aromatic carbocycles. The predicted octanol–water partition coefficient (Wildman–Crippen LogP) is 5.12. The second kappa shape index (κ2) is 8.42. The molecule has 1 aromatic heterocycles. The second-order valence-electron chi connectivity index (χ2n) is 6.85. The van der Waals surface area contributed by atoms with Gasteiger partial charge in [-0.25, -0.2) is 0 Å². The van der Waals surface area contributed by atoms with E-state index in [9.17, 15) is 14.7 Å². The van der Waals surface area contributed by atoms with Gasteiger partial charge in [-0.2, -0.15) is 0 Å². The van der Waals surface area contributed by atoms with Crippen LogP contribution >= 0.6 is 27.5 Å². The van der Waals surface area contributed by atoms with Crippen LogP contribution in [0.3, 0.4) is 0 Å². The number of hydrogen-bond donors (Lipinski definition) is 1. The normalized spacial score (nSPS) is 18.1. The van der Waals surface area contributed by atoms with Crippen LogP contribution in [0.15, 0.2) is 83.1 Å². The Morgan fingerprint density at radius 2 is 1.77 bits per heavy atom. The Bertz CT molecular complexity index is 1130. The minimum Gasteiger partial charge on any atom is -0.507 e. The maximum Gasteiger partial charge on any atom is 0.295 e. The first-order valence-electron chi connectivity index (χ1n) is 9.14. The fourth-order valence-electron chi connectivity index (χ4n) is 3.49. The van der Waals surface area contributed by atoms with Gasteiger partial charge in [-0.3, -0.25) is 14.6 Å². The molecule has 1 atom stereocenters. The summed E-state index contributed by atoms with van der Waals surface area (Å²) in [7, 11) is 0. The number of hydrogen-bond acceptors (Lipinski definition) is 4. The molecule has 0 unspecified atom stereocenters. The molecule has 30 heavy (non-hydrogen) atoms. The van der Waals surface area contributed by atoms with E-state index >= 15 is 0 Å². The minimum atomic E-state index is -0.728. The van der Waals surface area contributed by atoms with E-state index in [1.165, 1.54) is 4.90 Å². The Balaban J connectivity index is 1.85. The van der Waals surface area contributed by atoms with Gasteiger partial charge in [-0.15, -0.1) is 0 Å². The lowest BCUT2D eigenvalue weighted by atomic mass is 9.95. The number of Topliss-reactive ketones (excluding diaryl/α,β-unsaturated/α-hetero) is 1. The number of aliphatic hydroxyl groups excluding tert-OH is 1. The van der Waals surface area contributed by atoms with Crippen LogP contribution < -0.4 is 0 Å². The lowest BCUT2D eigenvalue weighted by molar-refractivity contribution is -0.140. The van der Waals surface area contributed by atoms with Crippen molar-refractivity contribution in [3.05, 3.63) is 105 Å². The van der Waals surface area contributed by atoms with Crippen LogP contribution in [0.1, 0.15) is 22.7 Å². The molecule has 0 aliphatic carbocycles. The van der Waals surface area contributed by atoms with Gasteiger partial charge in [0.2, 0.25) is 0 Å². The highest BCUT2D eigenvalue weighted by Gasteiger charge is 2.46. The molecule has 1 aliphatic rings. The zero-order chi connectivity index (χ0) is 21.3. The Hall–Kier alpha value is -2.96. The first kappa shape index (κ1) is 20.3. The summed E-state index contributed by atoms with van der Waals surface area (Å²) in [6, 6.07) is 16.7. The molecule has 0 saturated carbocycles. The molecule has 1 aliphatic heterocycles. The summed E-state index contributed by atoms with van der Waals surface area (Å²) in [4.78, 5) is 31.5. The summed E-state index contributed by atoms with van der Waals surface area (Å²) in [6.45, 7) is 0.191. The third-order valence-corrected chi connectivity index (χ3v) is 5.70. The van der Waals surface area contributed by atoms with Gasteiger partial charge in [0.05, 0.1) is 11.6 Å². The number of carbonyl (C=O) groups is 2. The van der Waals surface area contributed by atoms with Crippen molar-refractivity contribution in [2.24, 2.45) is 0 Å². The quantitative estimate of drug-likeness (QED) is 0.318. The molecule has 7 heteroatoms. The number of amides is 1. The fourth-order valence-corrected chi connectivity index (χ4v) is 3.88. The monoisotopic (exact) mass is 482 g/mol. The Kier molecular flexibility index (Phi) is 5.70. The molecule has 1 N–H and O–H groups in total. The number of halogens is 2. The van der Waals surface area contributed by atoms with Gasteiger partial charge in [-0.1, -0.05) is 45.7 Å². The van der Waals surface area contributed by atoms with E-state index in [4.69, 9.17) is 11.6 Å². The number of carbonyl (C=O) groups excluding carboxylic acids is 2. The highest BCUT2D eigenvalue weighted by Crippen LogP contribution is 2.40. The molecule has 1 fully saturated rings. The molecule has 0 radical (unpaired) electrons. The Labute approximate surface area is 186 Å². The topological polar surface area (TPSA) is 70.5 Å². The highest BCUT2D eigenvalue weighted by molar-refractivity contribution is 9.10. The van der Waals surface area contributed by atoms with E-state index in [2.05, 4.69) is 20.9 Å². The molecule has 2 heterocycles. The summed E-state index contributed by atoms with van der Waals surface area (Å²) in [5.41, 5.74) is 1.97. The van der Waals surface area contributed by atoms with Crippen LogP contribution in [-0.4, -0.2) is 26.7 Å². The van der Waals surface area contributed by atoms with Crippen molar-refractivity contribution in [3.8, 4) is 0 Å². The number of aromatic nitrogens is 1. The fraction of sp³-hybridized carbons (Fsp3) is 0.0870.